The maximum absolute atomic E-state index is 6.14. The van der Waals surface area contributed by atoms with Crippen LogP contribution in [0.15, 0.2) is 24.3 Å². The number of thioether (sulfide) groups is 1. The van der Waals surface area contributed by atoms with Crippen molar-refractivity contribution in [2.24, 2.45) is 0 Å². The van der Waals surface area contributed by atoms with Gasteiger partial charge in [-0.1, -0.05) is 0 Å². The van der Waals surface area contributed by atoms with Gasteiger partial charge < -0.3 is 15.2 Å². The largest absolute Gasteiger partial charge is 0.493 e. The van der Waals surface area contributed by atoms with E-state index in [0.29, 0.717) is 5.82 Å². The van der Waals surface area contributed by atoms with E-state index in [-0.39, 0.29) is 6.10 Å². The lowest BCUT2D eigenvalue weighted by Gasteiger charge is -2.24. The van der Waals surface area contributed by atoms with Crippen LogP contribution in [0.25, 0.3) is 11.3 Å². The van der Waals surface area contributed by atoms with Gasteiger partial charge in [0.2, 0.25) is 0 Å². The van der Waals surface area contributed by atoms with Crippen LogP contribution in [-0.2, 0) is 0 Å². The van der Waals surface area contributed by atoms with E-state index < -0.39 is 0 Å². The van der Waals surface area contributed by atoms with Gasteiger partial charge in [-0.15, -0.1) is 0 Å². The number of nitrogens with zero attached hydrogens (tertiary/aromatic N) is 1. The molecule has 6 heteroatoms. The SMILES string of the molecule is COc1ccc(-c2cc(N)n[nH]2)cc1OC1CCSCC1. The molecule has 2 heterocycles. The van der Waals surface area contributed by atoms with Crippen LogP contribution in [0.2, 0.25) is 0 Å². The normalized spacial score (nSPS) is 15.9. The smallest absolute Gasteiger partial charge is 0.162 e. The van der Waals surface area contributed by atoms with E-state index in [4.69, 9.17) is 15.2 Å². The molecule has 5 nitrogen and oxygen atoms in total. The van der Waals surface area contributed by atoms with Gasteiger partial charge in [-0.3, -0.25) is 5.10 Å². The number of benzene rings is 1. The fourth-order valence-electron chi connectivity index (χ4n) is 2.39. The van der Waals surface area contributed by atoms with Gasteiger partial charge in [-0.2, -0.15) is 16.9 Å². The van der Waals surface area contributed by atoms with E-state index in [1.54, 1.807) is 7.11 Å². The zero-order chi connectivity index (χ0) is 14.7. The van der Waals surface area contributed by atoms with Crippen molar-refractivity contribution >= 4 is 17.6 Å². The number of nitrogens with two attached hydrogens (primary N) is 1. The van der Waals surface area contributed by atoms with Crippen LogP contribution in [-0.4, -0.2) is 34.9 Å². The van der Waals surface area contributed by atoms with Gasteiger partial charge in [0.25, 0.3) is 0 Å². The molecule has 2 aromatic rings. The molecular weight excluding hydrogens is 286 g/mol. The molecular formula is C15H19N3O2S. The van der Waals surface area contributed by atoms with E-state index in [9.17, 15) is 0 Å². The summed E-state index contributed by atoms with van der Waals surface area (Å²) in [5, 5.41) is 6.87. The minimum absolute atomic E-state index is 0.266. The van der Waals surface area contributed by atoms with Crippen LogP contribution in [0.1, 0.15) is 12.8 Å². The first-order valence-electron chi connectivity index (χ1n) is 7.00. The summed E-state index contributed by atoms with van der Waals surface area (Å²) in [7, 11) is 1.66. The van der Waals surface area contributed by atoms with Crippen LogP contribution in [0.5, 0.6) is 11.5 Å². The Hall–Kier alpha value is -1.82. The van der Waals surface area contributed by atoms with Gasteiger partial charge in [0.05, 0.1) is 12.8 Å². The number of ether oxygens (including phenoxy) is 2. The summed E-state index contributed by atoms with van der Waals surface area (Å²) >= 11 is 1.98. The zero-order valence-corrected chi connectivity index (χ0v) is 12.8. The van der Waals surface area contributed by atoms with Crippen molar-refractivity contribution in [3.63, 3.8) is 0 Å². The Bertz CT molecular complexity index is 609. The molecule has 0 amide bonds. The lowest BCUT2D eigenvalue weighted by Crippen LogP contribution is -2.22. The first-order valence-corrected chi connectivity index (χ1v) is 8.15. The lowest BCUT2D eigenvalue weighted by molar-refractivity contribution is 0.184. The fraction of sp³-hybridized carbons (Fsp3) is 0.400. The van der Waals surface area contributed by atoms with Crippen molar-refractivity contribution in [1.82, 2.24) is 10.2 Å². The standard InChI is InChI=1S/C15H19N3O2S/c1-19-13-3-2-10(12-9-15(16)18-17-12)8-14(13)20-11-4-6-21-7-5-11/h2-3,8-9,11H,4-7H2,1H3,(H3,16,17,18). The van der Waals surface area contributed by atoms with E-state index in [2.05, 4.69) is 10.2 Å². The third-order valence-corrected chi connectivity index (χ3v) is 4.58. The molecule has 0 saturated carbocycles. The highest BCUT2D eigenvalue weighted by atomic mass is 32.2. The van der Waals surface area contributed by atoms with Gasteiger partial charge in [-0.25, -0.2) is 0 Å². The molecule has 1 aliphatic rings. The topological polar surface area (TPSA) is 73.2 Å². The molecule has 1 saturated heterocycles. The predicted molar refractivity (Wildman–Crippen MR) is 86.0 cm³/mol. The minimum atomic E-state index is 0.266. The second-order valence-corrected chi connectivity index (χ2v) is 6.23. The van der Waals surface area contributed by atoms with Crippen molar-refractivity contribution < 1.29 is 9.47 Å². The van der Waals surface area contributed by atoms with Crippen molar-refractivity contribution in [2.45, 2.75) is 18.9 Å². The van der Waals surface area contributed by atoms with E-state index in [0.717, 1.165) is 47.1 Å². The molecule has 1 aliphatic heterocycles. The summed E-state index contributed by atoms with van der Waals surface area (Å²) in [5.74, 6) is 4.32. The van der Waals surface area contributed by atoms with Crippen molar-refractivity contribution in [2.75, 3.05) is 24.3 Å². The Kier molecular flexibility index (Phi) is 4.24. The molecule has 112 valence electrons. The highest BCUT2D eigenvalue weighted by Gasteiger charge is 2.18. The van der Waals surface area contributed by atoms with Gasteiger partial charge in [0.1, 0.15) is 11.9 Å². The van der Waals surface area contributed by atoms with Crippen LogP contribution < -0.4 is 15.2 Å². The maximum atomic E-state index is 6.14. The predicted octanol–water partition coefficient (Wildman–Crippen LogP) is 2.94. The molecule has 0 aliphatic carbocycles. The van der Waals surface area contributed by atoms with Gasteiger partial charge >= 0.3 is 0 Å². The second-order valence-electron chi connectivity index (χ2n) is 5.00. The van der Waals surface area contributed by atoms with Crippen LogP contribution in [0.3, 0.4) is 0 Å². The number of nitrogen functional groups attached to an aromatic ring is 1. The van der Waals surface area contributed by atoms with Crippen LogP contribution in [0, 0.1) is 0 Å². The number of methoxy groups -OCH3 is 1. The second kappa shape index (κ2) is 6.30. The average molecular weight is 305 g/mol. The monoisotopic (exact) mass is 305 g/mol. The van der Waals surface area contributed by atoms with E-state index in [1.807, 2.05) is 36.0 Å². The number of hydrogen-bond acceptors (Lipinski definition) is 5. The van der Waals surface area contributed by atoms with Gasteiger partial charge in [-0.05, 0) is 42.5 Å². The highest BCUT2D eigenvalue weighted by Crippen LogP contribution is 2.34. The third kappa shape index (κ3) is 3.26. The van der Waals surface area contributed by atoms with E-state index in [1.165, 1.54) is 0 Å². The van der Waals surface area contributed by atoms with Crippen molar-refractivity contribution in [3.8, 4) is 22.8 Å². The number of anilines is 1. The quantitative estimate of drug-likeness (QED) is 0.908. The zero-order valence-electron chi connectivity index (χ0n) is 12.0. The third-order valence-electron chi connectivity index (χ3n) is 3.53. The molecule has 3 rings (SSSR count). The summed E-state index contributed by atoms with van der Waals surface area (Å²) < 4.78 is 11.5. The number of H-pyrrole nitrogens is 1. The summed E-state index contributed by atoms with van der Waals surface area (Å²) in [6, 6.07) is 7.67. The lowest BCUT2D eigenvalue weighted by atomic mass is 10.1. The van der Waals surface area contributed by atoms with Gasteiger partial charge in [0.15, 0.2) is 11.5 Å². The number of nitrogens with one attached hydrogen (secondary N) is 1. The number of rotatable bonds is 4. The number of hydrogen-bond donors (Lipinski definition) is 2. The molecule has 1 aromatic heterocycles. The first kappa shape index (κ1) is 14.1. The Morgan fingerprint density at radius 1 is 1.24 bits per heavy atom. The molecule has 0 spiro atoms. The number of aromatic amines is 1. The molecule has 0 radical (unpaired) electrons. The minimum Gasteiger partial charge on any atom is -0.493 e. The van der Waals surface area contributed by atoms with Crippen LogP contribution >= 0.6 is 11.8 Å². The molecule has 21 heavy (non-hydrogen) atoms. The molecule has 1 aromatic carbocycles. The molecule has 0 bridgehead atoms. The van der Waals surface area contributed by atoms with Crippen LogP contribution in [0.4, 0.5) is 5.82 Å². The maximum Gasteiger partial charge on any atom is 0.162 e. The summed E-state index contributed by atoms with van der Waals surface area (Å²) in [4.78, 5) is 0. The average Bonchev–Trinajstić information content (AvgIpc) is 2.95. The molecule has 0 unspecified atom stereocenters. The van der Waals surface area contributed by atoms with Crippen molar-refractivity contribution in [3.05, 3.63) is 24.3 Å². The van der Waals surface area contributed by atoms with Gasteiger partial charge in [0, 0.05) is 11.6 Å². The Labute approximate surface area is 128 Å². The fourth-order valence-corrected chi connectivity index (χ4v) is 3.46. The summed E-state index contributed by atoms with van der Waals surface area (Å²) in [6.45, 7) is 0. The highest BCUT2D eigenvalue weighted by molar-refractivity contribution is 7.99. The Morgan fingerprint density at radius 2 is 2.05 bits per heavy atom. The molecule has 0 atom stereocenters. The van der Waals surface area contributed by atoms with Crippen molar-refractivity contribution in [1.29, 1.82) is 0 Å². The molecule has 1 fully saturated rings. The Balaban J connectivity index is 1.86. The molecule has 3 N–H and O–H groups in total. The number of aromatic nitrogens is 2. The first-order chi connectivity index (χ1) is 10.3. The Morgan fingerprint density at radius 3 is 2.71 bits per heavy atom. The summed E-state index contributed by atoms with van der Waals surface area (Å²) in [6.07, 6.45) is 2.42. The van der Waals surface area contributed by atoms with E-state index >= 15 is 0 Å². The summed E-state index contributed by atoms with van der Waals surface area (Å²) in [5.41, 5.74) is 7.52.